The van der Waals surface area contributed by atoms with E-state index in [1.165, 1.54) is 0 Å². The molecule has 0 aliphatic heterocycles. The highest BCUT2D eigenvalue weighted by Gasteiger charge is 2.12. The average molecular weight is 305 g/mol. The minimum absolute atomic E-state index is 0.290. The third-order valence-electron chi connectivity index (χ3n) is 3.02. The summed E-state index contributed by atoms with van der Waals surface area (Å²) in [5, 5.41) is 3.30. The van der Waals surface area contributed by atoms with Gasteiger partial charge in [-0.15, -0.1) is 0 Å². The van der Waals surface area contributed by atoms with Crippen LogP contribution < -0.4 is 15.8 Å². The smallest absolute Gasteiger partial charge is 0.257 e. The molecule has 2 rings (SSSR count). The molecule has 0 fully saturated rings. The van der Waals surface area contributed by atoms with E-state index in [-0.39, 0.29) is 5.91 Å². The van der Waals surface area contributed by atoms with Crippen LogP contribution in [0.15, 0.2) is 36.4 Å². The Hall–Kier alpha value is -2.20. The van der Waals surface area contributed by atoms with Crippen LogP contribution in [0.2, 0.25) is 5.02 Å². The normalized spacial score (nSPS) is 10.2. The minimum atomic E-state index is -0.290. The van der Waals surface area contributed by atoms with Crippen LogP contribution in [0, 0.1) is 6.92 Å². The zero-order valence-corrected chi connectivity index (χ0v) is 12.7. The van der Waals surface area contributed by atoms with Crippen LogP contribution in [0.1, 0.15) is 22.8 Å². The molecule has 0 aromatic heterocycles. The third kappa shape index (κ3) is 3.67. The van der Waals surface area contributed by atoms with E-state index < -0.39 is 0 Å². The fourth-order valence-electron chi connectivity index (χ4n) is 1.95. The number of nitrogens with one attached hydrogen (secondary N) is 1. The number of hydrogen-bond donors (Lipinski definition) is 2. The van der Waals surface area contributed by atoms with Gasteiger partial charge in [-0.1, -0.05) is 11.6 Å². The van der Waals surface area contributed by atoms with Crippen molar-refractivity contribution in [3.63, 3.8) is 0 Å². The van der Waals surface area contributed by atoms with E-state index in [2.05, 4.69) is 5.32 Å². The SMILES string of the molecule is CCOc1ccc(NC(=O)c2cc(Cl)ccc2N)c(C)c1. The molecule has 0 aliphatic carbocycles. The summed E-state index contributed by atoms with van der Waals surface area (Å²) in [6.07, 6.45) is 0. The summed E-state index contributed by atoms with van der Waals surface area (Å²) in [5.41, 5.74) is 8.18. The van der Waals surface area contributed by atoms with Crippen molar-refractivity contribution in [1.82, 2.24) is 0 Å². The highest BCUT2D eigenvalue weighted by atomic mass is 35.5. The zero-order chi connectivity index (χ0) is 15.4. The second-order valence-electron chi connectivity index (χ2n) is 4.60. The van der Waals surface area contributed by atoms with Crippen LogP contribution >= 0.6 is 11.6 Å². The van der Waals surface area contributed by atoms with Gasteiger partial charge in [0.05, 0.1) is 12.2 Å². The molecule has 21 heavy (non-hydrogen) atoms. The number of nitrogen functional groups attached to an aromatic ring is 1. The van der Waals surface area contributed by atoms with Gasteiger partial charge in [0.1, 0.15) is 5.75 Å². The number of nitrogens with two attached hydrogens (primary N) is 1. The van der Waals surface area contributed by atoms with E-state index >= 15 is 0 Å². The first-order valence-corrected chi connectivity index (χ1v) is 6.99. The lowest BCUT2D eigenvalue weighted by Gasteiger charge is -2.12. The van der Waals surface area contributed by atoms with Crippen molar-refractivity contribution in [3.05, 3.63) is 52.5 Å². The molecule has 0 radical (unpaired) electrons. The lowest BCUT2D eigenvalue weighted by atomic mass is 10.1. The van der Waals surface area contributed by atoms with Gasteiger partial charge >= 0.3 is 0 Å². The lowest BCUT2D eigenvalue weighted by Crippen LogP contribution is -2.14. The van der Waals surface area contributed by atoms with E-state index in [9.17, 15) is 4.79 Å². The molecule has 0 atom stereocenters. The first kappa shape index (κ1) is 15.2. The Kier molecular flexibility index (Phi) is 4.70. The zero-order valence-electron chi connectivity index (χ0n) is 11.9. The number of ether oxygens (including phenoxy) is 1. The highest BCUT2D eigenvalue weighted by Crippen LogP contribution is 2.24. The van der Waals surface area contributed by atoms with Crippen LogP contribution in [-0.4, -0.2) is 12.5 Å². The Bertz CT molecular complexity index is 671. The van der Waals surface area contributed by atoms with Crippen molar-refractivity contribution in [2.75, 3.05) is 17.7 Å². The standard InChI is InChI=1S/C16H17ClN2O2/c1-3-21-12-5-7-15(10(2)8-12)19-16(20)13-9-11(17)4-6-14(13)18/h4-9H,3,18H2,1-2H3,(H,19,20). The second-order valence-corrected chi connectivity index (χ2v) is 5.03. The highest BCUT2D eigenvalue weighted by molar-refractivity contribution is 6.31. The number of halogens is 1. The summed E-state index contributed by atoms with van der Waals surface area (Å²) >= 11 is 5.90. The quantitative estimate of drug-likeness (QED) is 0.842. The van der Waals surface area contributed by atoms with Crippen molar-refractivity contribution in [1.29, 1.82) is 0 Å². The molecular weight excluding hydrogens is 288 g/mol. The van der Waals surface area contributed by atoms with Crippen molar-refractivity contribution >= 4 is 28.9 Å². The Labute approximate surface area is 128 Å². The molecule has 0 spiro atoms. The van der Waals surface area contributed by atoms with Crippen molar-refractivity contribution in [2.24, 2.45) is 0 Å². The summed E-state index contributed by atoms with van der Waals surface area (Å²) in [4.78, 5) is 12.3. The molecule has 0 aliphatic rings. The fourth-order valence-corrected chi connectivity index (χ4v) is 2.12. The topological polar surface area (TPSA) is 64.3 Å². The van der Waals surface area contributed by atoms with E-state index in [0.29, 0.717) is 28.6 Å². The molecule has 110 valence electrons. The van der Waals surface area contributed by atoms with Crippen molar-refractivity contribution in [3.8, 4) is 5.75 Å². The summed E-state index contributed by atoms with van der Waals surface area (Å²) in [6.45, 7) is 4.43. The Morgan fingerprint density at radius 1 is 1.29 bits per heavy atom. The molecular formula is C16H17ClN2O2. The predicted molar refractivity (Wildman–Crippen MR) is 86.2 cm³/mol. The first-order valence-electron chi connectivity index (χ1n) is 6.61. The molecule has 0 unspecified atom stereocenters. The maximum absolute atomic E-state index is 12.3. The number of rotatable bonds is 4. The predicted octanol–water partition coefficient (Wildman–Crippen LogP) is 3.88. The molecule has 2 aromatic carbocycles. The van der Waals surface area contributed by atoms with Gasteiger partial charge in [-0.25, -0.2) is 0 Å². The van der Waals surface area contributed by atoms with Gasteiger partial charge in [0.25, 0.3) is 5.91 Å². The fraction of sp³-hybridized carbons (Fsp3) is 0.188. The first-order chi connectivity index (χ1) is 10.0. The van der Waals surface area contributed by atoms with Gasteiger partial charge in [-0.3, -0.25) is 4.79 Å². The monoisotopic (exact) mass is 304 g/mol. The van der Waals surface area contributed by atoms with E-state index in [0.717, 1.165) is 11.3 Å². The van der Waals surface area contributed by atoms with Crippen LogP contribution in [-0.2, 0) is 0 Å². The molecule has 0 saturated heterocycles. The molecule has 0 bridgehead atoms. The lowest BCUT2D eigenvalue weighted by molar-refractivity contribution is 0.102. The van der Waals surface area contributed by atoms with Crippen LogP contribution in [0.4, 0.5) is 11.4 Å². The molecule has 1 amide bonds. The maximum Gasteiger partial charge on any atom is 0.257 e. The summed E-state index contributed by atoms with van der Waals surface area (Å²) in [6, 6.07) is 10.3. The summed E-state index contributed by atoms with van der Waals surface area (Å²) < 4.78 is 5.42. The minimum Gasteiger partial charge on any atom is -0.494 e. The van der Waals surface area contributed by atoms with Gasteiger partial charge in [-0.05, 0) is 55.8 Å². The number of benzene rings is 2. The summed E-state index contributed by atoms with van der Waals surface area (Å²) in [7, 11) is 0. The number of carbonyl (C=O) groups is 1. The van der Waals surface area contributed by atoms with E-state index in [4.69, 9.17) is 22.1 Å². The van der Waals surface area contributed by atoms with Gasteiger partial charge in [0, 0.05) is 16.4 Å². The van der Waals surface area contributed by atoms with Gasteiger partial charge in [0.2, 0.25) is 0 Å². The van der Waals surface area contributed by atoms with Gasteiger partial charge < -0.3 is 15.8 Å². The van der Waals surface area contributed by atoms with Crippen molar-refractivity contribution < 1.29 is 9.53 Å². The van der Waals surface area contributed by atoms with Crippen LogP contribution in [0.3, 0.4) is 0 Å². The number of hydrogen-bond acceptors (Lipinski definition) is 3. The largest absolute Gasteiger partial charge is 0.494 e. The van der Waals surface area contributed by atoms with Crippen LogP contribution in [0.5, 0.6) is 5.75 Å². The second kappa shape index (κ2) is 6.50. The Morgan fingerprint density at radius 2 is 2.05 bits per heavy atom. The molecule has 5 heteroatoms. The third-order valence-corrected chi connectivity index (χ3v) is 3.25. The maximum atomic E-state index is 12.3. The summed E-state index contributed by atoms with van der Waals surface area (Å²) in [5.74, 6) is 0.484. The Balaban J connectivity index is 2.21. The molecule has 0 heterocycles. The van der Waals surface area contributed by atoms with Crippen molar-refractivity contribution in [2.45, 2.75) is 13.8 Å². The molecule has 2 aromatic rings. The molecule has 3 N–H and O–H groups in total. The number of carbonyl (C=O) groups excluding carboxylic acids is 1. The van der Waals surface area contributed by atoms with E-state index in [1.54, 1.807) is 24.3 Å². The average Bonchev–Trinajstić information content (AvgIpc) is 2.44. The van der Waals surface area contributed by atoms with Gasteiger partial charge in [0.15, 0.2) is 0 Å². The Morgan fingerprint density at radius 3 is 2.71 bits per heavy atom. The molecule has 4 nitrogen and oxygen atoms in total. The number of anilines is 2. The van der Waals surface area contributed by atoms with Crippen LogP contribution in [0.25, 0.3) is 0 Å². The number of aryl methyl sites for hydroxylation is 1. The van der Waals surface area contributed by atoms with Gasteiger partial charge in [-0.2, -0.15) is 0 Å². The van der Waals surface area contributed by atoms with E-state index in [1.807, 2.05) is 26.0 Å². The molecule has 0 saturated carbocycles. The number of amides is 1.